The molecule has 0 radical (unpaired) electrons. The molecule has 0 saturated carbocycles. The van der Waals surface area contributed by atoms with Crippen LogP contribution < -0.4 is 5.32 Å². The van der Waals surface area contributed by atoms with Gasteiger partial charge < -0.3 is 5.32 Å². The fraction of sp³-hybridized carbons (Fsp3) is 0.429. The summed E-state index contributed by atoms with van der Waals surface area (Å²) in [7, 11) is 0. The Labute approximate surface area is 69.9 Å². The molecule has 0 atom stereocenters. The van der Waals surface area contributed by atoms with Crippen LogP contribution in [0.3, 0.4) is 0 Å². The molecule has 3 nitrogen and oxygen atoms in total. The standard InChI is InChI=1S/C7H9N3S/c1-4-7(2,3)9-6-10-8-5-11-6/h1,5H,2-3H3,(H,9,10). The van der Waals surface area contributed by atoms with Gasteiger partial charge in [0.25, 0.3) is 0 Å². The Hall–Kier alpha value is -1.08. The van der Waals surface area contributed by atoms with Gasteiger partial charge in [0.1, 0.15) is 5.51 Å². The van der Waals surface area contributed by atoms with Crippen molar-refractivity contribution in [3.8, 4) is 12.3 Å². The Morgan fingerprint density at radius 1 is 1.73 bits per heavy atom. The fourth-order valence-corrected chi connectivity index (χ4v) is 1.13. The highest BCUT2D eigenvalue weighted by molar-refractivity contribution is 7.13. The third-order valence-corrected chi connectivity index (χ3v) is 1.75. The average Bonchev–Trinajstić information content (AvgIpc) is 2.39. The lowest BCUT2D eigenvalue weighted by atomic mass is 10.1. The molecule has 1 aromatic rings. The zero-order valence-corrected chi connectivity index (χ0v) is 7.27. The molecule has 1 N–H and O–H groups in total. The van der Waals surface area contributed by atoms with Crippen molar-refractivity contribution in [2.45, 2.75) is 19.4 Å². The van der Waals surface area contributed by atoms with Gasteiger partial charge in [-0.05, 0) is 13.8 Å². The largest absolute Gasteiger partial charge is 0.344 e. The number of hydrogen-bond donors (Lipinski definition) is 1. The molecule has 4 heteroatoms. The maximum Gasteiger partial charge on any atom is 0.206 e. The van der Waals surface area contributed by atoms with Crippen LogP contribution in [0, 0.1) is 12.3 Å². The molecule has 0 aliphatic carbocycles. The molecule has 0 fully saturated rings. The van der Waals surface area contributed by atoms with Crippen LogP contribution in [0.4, 0.5) is 5.13 Å². The number of anilines is 1. The number of nitrogens with zero attached hydrogens (tertiary/aromatic N) is 2. The summed E-state index contributed by atoms with van der Waals surface area (Å²) in [5.41, 5.74) is 1.31. The molecule has 1 aromatic heterocycles. The van der Waals surface area contributed by atoms with E-state index in [2.05, 4.69) is 21.4 Å². The van der Waals surface area contributed by atoms with Crippen LogP contribution in [0.15, 0.2) is 5.51 Å². The third kappa shape index (κ3) is 2.20. The molecule has 0 unspecified atom stereocenters. The average molecular weight is 167 g/mol. The lowest BCUT2D eigenvalue weighted by molar-refractivity contribution is 0.737. The van der Waals surface area contributed by atoms with Gasteiger partial charge in [-0.3, -0.25) is 0 Å². The van der Waals surface area contributed by atoms with Crippen LogP contribution in [0.1, 0.15) is 13.8 Å². The summed E-state index contributed by atoms with van der Waals surface area (Å²) in [6, 6.07) is 0. The van der Waals surface area contributed by atoms with E-state index in [9.17, 15) is 0 Å². The molecular weight excluding hydrogens is 158 g/mol. The van der Waals surface area contributed by atoms with E-state index >= 15 is 0 Å². The Morgan fingerprint density at radius 2 is 2.45 bits per heavy atom. The third-order valence-electron chi connectivity index (χ3n) is 1.14. The van der Waals surface area contributed by atoms with E-state index in [1.54, 1.807) is 5.51 Å². The summed E-state index contributed by atoms with van der Waals surface area (Å²) in [6.45, 7) is 3.82. The van der Waals surface area contributed by atoms with Crippen LogP contribution in [0.5, 0.6) is 0 Å². The Morgan fingerprint density at radius 3 is 2.91 bits per heavy atom. The van der Waals surface area contributed by atoms with Crippen molar-refractivity contribution in [3.63, 3.8) is 0 Å². The molecule has 1 heterocycles. The van der Waals surface area contributed by atoms with Gasteiger partial charge in [-0.1, -0.05) is 17.3 Å². The molecular formula is C7H9N3S. The summed E-state index contributed by atoms with van der Waals surface area (Å²) in [4.78, 5) is 0. The predicted molar refractivity (Wildman–Crippen MR) is 46.4 cm³/mol. The first-order valence-electron chi connectivity index (χ1n) is 3.16. The van der Waals surface area contributed by atoms with Gasteiger partial charge in [0.05, 0.1) is 5.54 Å². The normalized spacial score (nSPS) is 10.6. The van der Waals surface area contributed by atoms with Gasteiger partial charge >= 0.3 is 0 Å². The maximum atomic E-state index is 5.27. The minimum Gasteiger partial charge on any atom is -0.344 e. The van der Waals surface area contributed by atoms with Gasteiger partial charge in [0.15, 0.2) is 0 Å². The van der Waals surface area contributed by atoms with E-state index in [4.69, 9.17) is 6.42 Å². The van der Waals surface area contributed by atoms with Crippen molar-refractivity contribution in [1.82, 2.24) is 10.2 Å². The summed E-state index contributed by atoms with van der Waals surface area (Å²) < 4.78 is 0. The highest BCUT2D eigenvalue weighted by atomic mass is 32.1. The minimum atomic E-state index is -0.348. The Bertz CT molecular complexity index is 258. The maximum absolute atomic E-state index is 5.27. The summed E-state index contributed by atoms with van der Waals surface area (Å²) >= 11 is 1.44. The van der Waals surface area contributed by atoms with Crippen molar-refractivity contribution in [2.75, 3.05) is 5.32 Å². The van der Waals surface area contributed by atoms with E-state index in [-0.39, 0.29) is 5.54 Å². The molecule has 58 valence electrons. The minimum absolute atomic E-state index is 0.348. The van der Waals surface area contributed by atoms with Crippen molar-refractivity contribution in [1.29, 1.82) is 0 Å². The first-order chi connectivity index (χ1) is 5.14. The topological polar surface area (TPSA) is 37.8 Å². The second-order valence-corrected chi connectivity index (χ2v) is 3.47. The van der Waals surface area contributed by atoms with Crippen LogP contribution >= 0.6 is 11.3 Å². The highest BCUT2D eigenvalue weighted by Gasteiger charge is 2.13. The van der Waals surface area contributed by atoms with Gasteiger partial charge in [-0.2, -0.15) is 0 Å². The zero-order valence-electron chi connectivity index (χ0n) is 6.46. The van der Waals surface area contributed by atoms with Gasteiger partial charge in [-0.25, -0.2) is 0 Å². The smallest absolute Gasteiger partial charge is 0.206 e. The monoisotopic (exact) mass is 167 g/mol. The molecule has 0 saturated heterocycles. The van der Waals surface area contributed by atoms with Gasteiger partial charge in [-0.15, -0.1) is 16.6 Å². The quantitative estimate of drug-likeness (QED) is 0.676. The second kappa shape index (κ2) is 2.89. The van der Waals surface area contributed by atoms with Crippen molar-refractivity contribution >= 4 is 16.5 Å². The lowest BCUT2D eigenvalue weighted by Gasteiger charge is -2.17. The molecule has 0 aliphatic heterocycles. The first kappa shape index (κ1) is 8.02. The zero-order chi connectivity index (χ0) is 8.32. The van der Waals surface area contributed by atoms with E-state index in [0.29, 0.717) is 0 Å². The first-order valence-corrected chi connectivity index (χ1v) is 4.04. The number of nitrogens with one attached hydrogen (secondary N) is 1. The van der Waals surface area contributed by atoms with Gasteiger partial charge in [0, 0.05) is 0 Å². The molecule has 0 aliphatic rings. The molecule has 0 aromatic carbocycles. The van der Waals surface area contributed by atoms with Crippen molar-refractivity contribution in [3.05, 3.63) is 5.51 Å². The summed E-state index contributed by atoms with van der Waals surface area (Å²) in [5.74, 6) is 2.61. The molecule has 0 bridgehead atoms. The number of hydrogen-bond acceptors (Lipinski definition) is 4. The summed E-state index contributed by atoms with van der Waals surface area (Å²) in [5, 5.41) is 11.3. The molecule has 1 rings (SSSR count). The number of rotatable bonds is 2. The van der Waals surface area contributed by atoms with E-state index in [1.165, 1.54) is 11.3 Å². The van der Waals surface area contributed by atoms with Crippen LogP contribution in [-0.2, 0) is 0 Å². The second-order valence-electron chi connectivity index (χ2n) is 2.64. The van der Waals surface area contributed by atoms with Crippen molar-refractivity contribution < 1.29 is 0 Å². The van der Waals surface area contributed by atoms with E-state index in [1.807, 2.05) is 13.8 Å². The summed E-state index contributed by atoms with van der Waals surface area (Å²) in [6.07, 6.45) is 5.27. The predicted octanol–water partition coefficient (Wildman–Crippen LogP) is 1.36. The van der Waals surface area contributed by atoms with E-state index in [0.717, 1.165) is 5.13 Å². The Kier molecular flexibility index (Phi) is 2.11. The SMILES string of the molecule is C#CC(C)(C)Nc1nncs1. The van der Waals surface area contributed by atoms with Crippen LogP contribution in [0.25, 0.3) is 0 Å². The van der Waals surface area contributed by atoms with Gasteiger partial charge in [0.2, 0.25) is 5.13 Å². The van der Waals surface area contributed by atoms with Crippen LogP contribution in [0.2, 0.25) is 0 Å². The molecule has 0 amide bonds. The number of terminal acetylenes is 1. The number of aromatic nitrogens is 2. The lowest BCUT2D eigenvalue weighted by Crippen LogP contribution is -2.28. The molecule has 0 spiro atoms. The Balaban J connectivity index is 2.65. The van der Waals surface area contributed by atoms with Crippen LogP contribution in [-0.4, -0.2) is 15.7 Å². The van der Waals surface area contributed by atoms with Crippen molar-refractivity contribution in [2.24, 2.45) is 0 Å². The molecule has 11 heavy (non-hydrogen) atoms. The van der Waals surface area contributed by atoms with E-state index < -0.39 is 0 Å². The highest BCUT2D eigenvalue weighted by Crippen LogP contribution is 2.14. The fourth-order valence-electron chi connectivity index (χ4n) is 0.531.